The van der Waals surface area contributed by atoms with E-state index in [9.17, 15) is 18.4 Å². The number of ether oxygens (including phenoxy) is 1. The molecule has 0 fully saturated rings. The quantitative estimate of drug-likeness (QED) is 0.639. The highest BCUT2D eigenvalue weighted by atomic mass is 32.2. The van der Waals surface area contributed by atoms with Gasteiger partial charge in [0.1, 0.15) is 4.90 Å². The number of benzene rings is 1. The van der Waals surface area contributed by atoms with E-state index in [0.717, 1.165) is 7.11 Å². The highest BCUT2D eigenvalue weighted by Gasteiger charge is 2.43. The molecule has 1 aromatic heterocycles. The Balaban J connectivity index is 2.52. The summed E-state index contributed by atoms with van der Waals surface area (Å²) in [5.41, 5.74) is 0.272. The van der Waals surface area contributed by atoms with E-state index in [-0.39, 0.29) is 16.7 Å². The molecule has 0 atom stereocenters. The van der Waals surface area contributed by atoms with Crippen LogP contribution in [0.25, 0.3) is 5.69 Å². The molecular weight excluding hydrogens is 314 g/mol. The second-order valence-corrected chi connectivity index (χ2v) is 5.63. The third-order valence-electron chi connectivity index (χ3n) is 3.15. The Morgan fingerprint density at radius 1 is 1.27 bits per heavy atom. The normalized spacial score (nSPS) is 11.5. The summed E-state index contributed by atoms with van der Waals surface area (Å²) in [5.74, 6) is -1.69. The standard InChI is InChI=1S/C14H14F2N2O3S/c1-9-11(22-14(15,16)13(20)21-3)12(19)18(17(9)2)10-7-5-4-6-8-10/h4-8H,1-3H3. The van der Waals surface area contributed by atoms with Crippen LogP contribution >= 0.6 is 11.8 Å². The fraction of sp³-hybridized carbons (Fsp3) is 0.286. The largest absolute Gasteiger partial charge is 0.464 e. The van der Waals surface area contributed by atoms with Crippen LogP contribution in [0.15, 0.2) is 40.0 Å². The van der Waals surface area contributed by atoms with Crippen molar-refractivity contribution in [3.8, 4) is 5.69 Å². The van der Waals surface area contributed by atoms with E-state index in [1.165, 1.54) is 16.3 Å². The van der Waals surface area contributed by atoms with Crippen LogP contribution in [-0.2, 0) is 16.6 Å². The van der Waals surface area contributed by atoms with Gasteiger partial charge in [-0.3, -0.25) is 9.48 Å². The van der Waals surface area contributed by atoms with E-state index in [4.69, 9.17) is 0 Å². The van der Waals surface area contributed by atoms with Crippen LogP contribution in [-0.4, -0.2) is 27.7 Å². The summed E-state index contributed by atoms with van der Waals surface area (Å²) in [6.45, 7) is 1.54. The molecule has 0 aliphatic carbocycles. The van der Waals surface area contributed by atoms with E-state index in [1.54, 1.807) is 37.4 Å². The maximum Gasteiger partial charge on any atom is 0.393 e. The number of hydrogen-bond donors (Lipinski definition) is 0. The second-order valence-electron chi connectivity index (χ2n) is 4.50. The molecule has 1 heterocycles. The number of alkyl halides is 2. The van der Waals surface area contributed by atoms with Crippen LogP contribution in [0.4, 0.5) is 8.78 Å². The topological polar surface area (TPSA) is 53.2 Å². The number of carbonyl (C=O) groups excluding carboxylic acids is 1. The van der Waals surface area contributed by atoms with Gasteiger partial charge in [-0.25, -0.2) is 9.48 Å². The van der Waals surface area contributed by atoms with Crippen molar-refractivity contribution in [3.05, 3.63) is 46.4 Å². The van der Waals surface area contributed by atoms with Crippen LogP contribution in [0.1, 0.15) is 5.69 Å². The smallest absolute Gasteiger partial charge is 0.393 e. The Labute approximate surface area is 129 Å². The Morgan fingerprint density at radius 3 is 2.41 bits per heavy atom. The minimum absolute atomic E-state index is 0.101. The van der Waals surface area contributed by atoms with Crippen molar-refractivity contribution >= 4 is 17.7 Å². The Hall–Kier alpha value is -2.09. The van der Waals surface area contributed by atoms with Gasteiger partial charge < -0.3 is 4.74 Å². The predicted molar refractivity (Wildman–Crippen MR) is 78.6 cm³/mol. The molecule has 5 nitrogen and oxygen atoms in total. The Morgan fingerprint density at radius 2 is 1.86 bits per heavy atom. The summed E-state index contributed by atoms with van der Waals surface area (Å²) in [4.78, 5) is 23.4. The molecule has 1 aromatic carbocycles. The molecule has 2 aromatic rings. The van der Waals surface area contributed by atoms with Gasteiger partial charge in [0, 0.05) is 7.05 Å². The first-order valence-corrected chi connectivity index (χ1v) is 7.10. The van der Waals surface area contributed by atoms with Crippen LogP contribution < -0.4 is 5.56 Å². The van der Waals surface area contributed by atoms with Gasteiger partial charge in [0.05, 0.1) is 18.5 Å². The molecule has 0 unspecified atom stereocenters. The summed E-state index contributed by atoms with van der Waals surface area (Å²) in [6, 6.07) is 8.63. The summed E-state index contributed by atoms with van der Waals surface area (Å²) in [5, 5.41) is -3.82. The fourth-order valence-electron chi connectivity index (χ4n) is 1.95. The minimum atomic E-state index is -3.82. The lowest BCUT2D eigenvalue weighted by Gasteiger charge is -2.11. The summed E-state index contributed by atoms with van der Waals surface area (Å²) < 4.78 is 34.3. The second kappa shape index (κ2) is 5.96. The molecule has 0 spiro atoms. The predicted octanol–water partition coefficient (Wildman–Crippen LogP) is 2.34. The van der Waals surface area contributed by atoms with E-state index in [2.05, 4.69) is 4.74 Å². The summed E-state index contributed by atoms with van der Waals surface area (Å²) in [7, 11) is 2.46. The molecule has 0 N–H and O–H groups in total. The van der Waals surface area contributed by atoms with Crippen molar-refractivity contribution in [2.75, 3.05) is 7.11 Å². The van der Waals surface area contributed by atoms with E-state index in [0.29, 0.717) is 11.4 Å². The zero-order valence-electron chi connectivity index (χ0n) is 12.2. The maximum absolute atomic E-state index is 13.7. The lowest BCUT2D eigenvalue weighted by Crippen LogP contribution is -2.27. The lowest BCUT2D eigenvalue weighted by atomic mass is 10.3. The maximum atomic E-state index is 13.7. The van der Waals surface area contributed by atoms with Gasteiger partial charge in [0.15, 0.2) is 0 Å². The van der Waals surface area contributed by atoms with Gasteiger partial charge in [-0.2, -0.15) is 8.78 Å². The highest BCUT2D eigenvalue weighted by molar-refractivity contribution is 8.01. The molecule has 0 radical (unpaired) electrons. The van der Waals surface area contributed by atoms with Gasteiger partial charge in [0.25, 0.3) is 5.56 Å². The molecular formula is C14H14F2N2O3S. The fourth-order valence-corrected chi connectivity index (χ4v) is 2.83. The van der Waals surface area contributed by atoms with E-state index < -0.39 is 16.8 Å². The molecule has 22 heavy (non-hydrogen) atoms. The Kier molecular flexibility index (Phi) is 4.41. The van der Waals surface area contributed by atoms with Crippen LogP contribution in [0, 0.1) is 6.92 Å². The van der Waals surface area contributed by atoms with E-state index in [1.807, 2.05) is 0 Å². The zero-order valence-corrected chi connectivity index (χ0v) is 13.0. The Bertz CT molecular complexity index is 753. The number of esters is 1. The van der Waals surface area contributed by atoms with Crippen molar-refractivity contribution in [2.45, 2.75) is 17.1 Å². The van der Waals surface area contributed by atoms with Crippen molar-refractivity contribution < 1.29 is 18.3 Å². The van der Waals surface area contributed by atoms with Crippen molar-refractivity contribution in [2.24, 2.45) is 7.05 Å². The SMILES string of the molecule is COC(=O)C(F)(F)Sc1c(C)n(C)n(-c2ccccc2)c1=O. The van der Waals surface area contributed by atoms with Gasteiger partial charge >= 0.3 is 11.2 Å². The molecule has 0 aliphatic rings. The minimum Gasteiger partial charge on any atom is -0.464 e. The molecule has 0 amide bonds. The third-order valence-corrected chi connectivity index (χ3v) is 4.25. The number of aromatic nitrogens is 2. The van der Waals surface area contributed by atoms with Crippen molar-refractivity contribution in [1.82, 2.24) is 9.36 Å². The molecule has 8 heteroatoms. The van der Waals surface area contributed by atoms with Gasteiger partial charge in [-0.15, -0.1) is 0 Å². The lowest BCUT2D eigenvalue weighted by molar-refractivity contribution is -0.156. The number of carbonyl (C=O) groups is 1. The molecule has 0 saturated carbocycles. The monoisotopic (exact) mass is 328 g/mol. The molecule has 2 rings (SSSR count). The average Bonchev–Trinajstić information content (AvgIpc) is 2.71. The number of para-hydroxylation sites is 1. The van der Waals surface area contributed by atoms with Crippen molar-refractivity contribution in [1.29, 1.82) is 0 Å². The summed E-state index contributed by atoms with van der Waals surface area (Å²) >= 11 is -0.101. The highest BCUT2D eigenvalue weighted by Crippen LogP contribution is 2.37. The number of thioether (sulfide) groups is 1. The zero-order chi connectivity index (χ0) is 16.5. The summed E-state index contributed by atoms with van der Waals surface area (Å²) in [6.07, 6.45) is 0. The third kappa shape index (κ3) is 2.78. The van der Waals surface area contributed by atoms with Gasteiger partial charge in [-0.05, 0) is 30.8 Å². The van der Waals surface area contributed by atoms with Gasteiger partial charge in [-0.1, -0.05) is 18.2 Å². The molecule has 0 bridgehead atoms. The van der Waals surface area contributed by atoms with E-state index >= 15 is 0 Å². The number of methoxy groups -OCH3 is 1. The van der Waals surface area contributed by atoms with Gasteiger partial charge in [0.2, 0.25) is 0 Å². The van der Waals surface area contributed by atoms with Crippen LogP contribution in [0.2, 0.25) is 0 Å². The number of hydrogen-bond acceptors (Lipinski definition) is 4. The van der Waals surface area contributed by atoms with Crippen LogP contribution in [0.5, 0.6) is 0 Å². The molecule has 118 valence electrons. The number of nitrogens with zero attached hydrogens (tertiary/aromatic N) is 2. The molecule has 0 saturated heterocycles. The van der Waals surface area contributed by atoms with Crippen LogP contribution in [0.3, 0.4) is 0 Å². The average molecular weight is 328 g/mol. The first kappa shape index (κ1) is 16.3. The number of halogens is 2. The number of rotatable bonds is 4. The molecule has 0 aliphatic heterocycles. The first-order chi connectivity index (χ1) is 10.3. The first-order valence-electron chi connectivity index (χ1n) is 6.29. The van der Waals surface area contributed by atoms with Crippen molar-refractivity contribution in [3.63, 3.8) is 0 Å².